The van der Waals surface area contributed by atoms with Crippen LogP contribution >= 0.6 is 0 Å². The molecule has 0 radical (unpaired) electrons. The zero-order chi connectivity index (χ0) is 13.1. The molecule has 1 saturated heterocycles. The minimum absolute atomic E-state index is 0.0754. The standard InChI is InChI=1S/C11H13N3O4/c1-8-10(14(16)17)3-2-9(12-8)11(15)13-4-6-18-7-5-13/h2-3H,4-7H2,1H3. The molecule has 1 fully saturated rings. The quantitative estimate of drug-likeness (QED) is 0.572. The number of hydrogen-bond acceptors (Lipinski definition) is 5. The van der Waals surface area contributed by atoms with Gasteiger partial charge in [-0.2, -0.15) is 0 Å². The summed E-state index contributed by atoms with van der Waals surface area (Å²) in [5.41, 5.74) is 0.410. The second-order valence-corrected chi connectivity index (χ2v) is 3.96. The van der Waals surface area contributed by atoms with Gasteiger partial charge in [0.05, 0.1) is 18.1 Å². The lowest BCUT2D eigenvalue weighted by molar-refractivity contribution is -0.385. The lowest BCUT2D eigenvalue weighted by atomic mass is 10.2. The third-order valence-corrected chi connectivity index (χ3v) is 2.77. The Morgan fingerprint density at radius 1 is 1.44 bits per heavy atom. The second kappa shape index (κ2) is 5.09. The van der Waals surface area contributed by atoms with Crippen LogP contribution in [0, 0.1) is 17.0 Å². The third-order valence-electron chi connectivity index (χ3n) is 2.77. The molecule has 1 aromatic rings. The molecule has 2 rings (SSSR count). The molecule has 7 heteroatoms. The first-order valence-electron chi connectivity index (χ1n) is 5.58. The fourth-order valence-electron chi connectivity index (χ4n) is 1.79. The smallest absolute Gasteiger partial charge is 0.290 e. The molecule has 0 atom stereocenters. The van der Waals surface area contributed by atoms with Crippen molar-refractivity contribution in [1.29, 1.82) is 0 Å². The Morgan fingerprint density at radius 2 is 2.11 bits per heavy atom. The molecule has 0 aliphatic carbocycles. The summed E-state index contributed by atoms with van der Waals surface area (Å²) >= 11 is 0. The van der Waals surface area contributed by atoms with Crippen LogP contribution in [-0.4, -0.2) is 47.0 Å². The normalized spacial score (nSPS) is 15.5. The van der Waals surface area contributed by atoms with Gasteiger partial charge < -0.3 is 9.64 Å². The van der Waals surface area contributed by atoms with Gasteiger partial charge in [0.1, 0.15) is 11.4 Å². The molecule has 1 amide bonds. The summed E-state index contributed by atoms with van der Waals surface area (Å²) in [5, 5.41) is 10.7. The van der Waals surface area contributed by atoms with Crippen molar-refractivity contribution in [3.8, 4) is 0 Å². The summed E-state index contributed by atoms with van der Waals surface area (Å²) in [5.74, 6) is -0.212. The van der Waals surface area contributed by atoms with Crippen molar-refractivity contribution in [2.45, 2.75) is 6.92 Å². The molecule has 1 aliphatic rings. The molecular weight excluding hydrogens is 238 g/mol. The maximum absolute atomic E-state index is 12.1. The van der Waals surface area contributed by atoms with E-state index in [9.17, 15) is 14.9 Å². The predicted molar refractivity (Wildman–Crippen MR) is 62.4 cm³/mol. The second-order valence-electron chi connectivity index (χ2n) is 3.96. The fraction of sp³-hybridized carbons (Fsp3) is 0.455. The van der Waals surface area contributed by atoms with Crippen molar-refractivity contribution in [3.05, 3.63) is 33.6 Å². The number of rotatable bonds is 2. The highest BCUT2D eigenvalue weighted by atomic mass is 16.6. The molecule has 7 nitrogen and oxygen atoms in total. The lowest BCUT2D eigenvalue weighted by Crippen LogP contribution is -2.41. The first kappa shape index (κ1) is 12.4. The van der Waals surface area contributed by atoms with E-state index in [1.165, 1.54) is 19.1 Å². The average Bonchev–Trinajstić information content (AvgIpc) is 2.38. The zero-order valence-corrected chi connectivity index (χ0v) is 9.96. The van der Waals surface area contributed by atoms with Crippen LogP contribution in [0.2, 0.25) is 0 Å². The summed E-state index contributed by atoms with van der Waals surface area (Å²) in [6, 6.07) is 2.71. The first-order chi connectivity index (χ1) is 8.59. The zero-order valence-electron chi connectivity index (χ0n) is 9.96. The van der Waals surface area contributed by atoms with E-state index in [2.05, 4.69) is 4.98 Å². The van der Waals surface area contributed by atoms with E-state index in [0.717, 1.165) is 0 Å². The average molecular weight is 251 g/mol. The summed E-state index contributed by atoms with van der Waals surface area (Å²) in [7, 11) is 0. The van der Waals surface area contributed by atoms with Gasteiger partial charge in [-0.1, -0.05) is 0 Å². The fourth-order valence-corrected chi connectivity index (χ4v) is 1.79. The van der Waals surface area contributed by atoms with Gasteiger partial charge in [-0.05, 0) is 13.0 Å². The number of amides is 1. The van der Waals surface area contributed by atoms with E-state index in [0.29, 0.717) is 26.3 Å². The monoisotopic (exact) mass is 251 g/mol. The molecule has 96 valence electrons. The molecule has 0 saturated carbocycles. The molecule has 1 aliphatic heterocycles. The van der Waals surface area contributed by atoms with Gasteiger partial charge in [0.25, 0.3) is 11.6 Å². The molecule has 0 unspecified atom stereocenters. The van der Waals surface area contributed by atoms with Crippen molar-refractivity contribution in [3.63, 3.8) is 0 Å². The van der Waals surface area contributed by atoms with Crippen LogP contribution in [0.1, 0.15) is 16.2 Å². The molecule has 1 aromatic heterocycles. The van der Waals surface area contributed by atoms with Crippen molar-refractivity contribution in [2.75, 3.05) is 26.3 Å². The number of carbonyl (C=O) groups is 1. The van der Waals surface area contributed by atoms with E-state index in [1.54, 1.807) is 4.90 Å². The van der Waals surface area contributed by atoms with Crippen LogP contribution in [0.3, 0.4) is 0 Å². The van der Waals surface area contributed by atoms with E-state index >= 15 is 0 Å². The Morgan fingerprint density at radius 3 is 2.67 bits per heavy atom. The number of morpholine rings is 1. The SMILES string of the molecule is Cc1nc(C(=O)N2CCOCC2)ccc1[N+](=O)[O-]. The van der Waals surface area contributed by atoms with Gasteiger partial charge in [0.15, 0.2) is 0 Å². The first-order valence-corrected chi connectivity index (χ1v) is 5.58. The molecule has 0 spiro atoms. The lowest BCUT2D eigenvalue weighted by Gasteiger charge is -2.26. The maximum Gasteiger partial charge on any atom is 0.290 e. The molecular formula is C11H13N3O4. The number of pyridine rings is 1. The van der Waals surface area contributed by atoms with Crippen molar-refractivity contribution in [1.82, 2.24) is 9.88 Å². The van der Waals surface area contributed by atoms with Crippen molar-refractivity contribution >= 4 is 11.6 Å². The molecule has 0 N–H and O–H groups in total. The van der Waals surface area contributed by atoms with Crippen LogP contribution in [0.5, 0.6) is 0 Å². The summed E-state index contributed by atoms with van der Waals surface area (Å²) in [6.07, 6.45) is 0. The number of aryl methyl sites for hydroxylation is 1. The van der Waals surface area contributed by atoms with Gasteiger partial charge in [-0.15, -0.1) is 0 Å². The summed E-state index contributed by atoms with van der Waals surface area (Å²) in [6.45, 7) is 3.59. The third kappa shape index (κ3) is 2.45. The minimum Gasteiger partial charge on any atom is -0.378 e. The number of aromatic nitrogens is 1. The van der Waals surface area contributed by atoms with Crippen LogP contribution in [0.4, 0.5) is 5.69 Å². The largest absolute Gasteiger partial charge is 0.378 e. The van der Waals surface area contributed by atoms with Gasteiger partial charge in [-0.3, -0.25) is 14.9 Å². The maximum atomic E-state index is 12.1. The van der Waals surface area contributed by atoms with Crippen LogP contribution < -0.4 is 0 Å². The number of ether oxygens (including phenoxy) is 1. The number of carbonyl (C=O) groups excluding carboxylic acids is 1. The number of nitro groups is 1. The molecule has 2 heterocycles. The van der Waals surface area contributed by atoms with E-state index in [-0.39, 0.29) is 23.0 Å². The van der Waals surface area contributed by atoms with Crippen molar-refractivity contribution < 1.29 is 14.5 Å². The topological polar surface area (TPSA) is 85.6 Å². The molecule has 0 aromatic carbocycles. The Hall–Kier alpha value is -2.02. The van der Waals surface area contributed by atoms with Crippen LogP contribution in [0.15, 0.2) is 12.1 Å². The Kier molecular flexibility index (Phi) is 3.52. The summed E-state index contributed by atoms with van der Waals surface area (Å²) < 4.78 is 5.16. The Labute approximate surface area is 104 Å². The number of nitrogens with zero attached hydrogens (tertiary/aromatic N) is 3. The van der Waals surface area contributed by atoms with E-state index in [1.807, 2.05) is 0 Å². The predicted octanol–water partition coefficient (Wildman–Crippen LogP) is 0.771. The van der Waals surface area contributed by atoms with Crippen molar-refractivity contribution in [2.24, 2.45) is 0 Å². The van der Waals surface area contributed by atoms with Gasteiger partial charge >= 0.3 is 0 Å². The van der Waals surface area contributed by atoms with Crippen LogP contribution in [-0.2, 0) is 4.74 Å². The molecule has 18 heavy (non-hydrogen) atoms. The van der Waals surface area contributed by atoms with Gasteiger partial charge in [0, 0.05) is 19.2 Å². The molecule has 0 bridgehead atoms. The minimum atomic E-state index is -0.509. The van der Waals surface area contributed by atoms with Gasteiger partial charge in [-0.25, -0.2) is 4.98 Å². The highest BCUT2D eigenvalue weighted by Gasteiger charge is 2.21. The number of hydrogen-bond donors (Lipinski definition) is 0. The van der Waals surface area contributed by atoms with Gasteiger partial charge in [0.2, 0.25) is 0 Å². The Balaban J connectivity index is 2.20. The highest BCUT2D eigenvalue weighted by molar-refractivity contribution is 5.92. The Bertz CT molecular complexity index is 483. The summed E-state index contributed by atoms with van der Waals surface area (Å²) in [4.78, 5) is 27.9. The van der Waals surface area contributed by atoms with E-state index in [4.69, 9.17) is 4.74 Å². The highest BCUT2D eigenvalue weighted by Crippen LogP contribution is 2.16. The van der Waals surface area contributed by atoms with Crippen LogP contribution in [0.25, 0.3) is 0 Å². The van der Waals surface area contributed by atoms with E-state index < -0.39 is 4.92 Å².